The van der Waals surface area contributed by atoms with Crippen LogP contribution >= 0.6 is 0 Å². The van der Waals surface area contributed by atoms with Gasteiger partial charge < -0.3 is 14.6 Å². The maximum absolute atomic E-state index is 5.38. The van der Waals surface area contributed by atoms with Gasteiger partial charge in [0.15, 0.2) is 5.82 Å². The highest BCUT2D eigenvalue weighted by molar-refractivity contribution is 5.00. The maximum atomic E-state index is 5.38. The fourth-order valence-electron chi connectivity index (χ4n) is 2.30. The quantitative estimate of drug-likeness (QED) is 0.868. The Balaban J connectivity index is 2.15. The molecule has 19 heavy (non-hydrogen) atoms. The highest BCUT2D eigenvalue weighted by atomic mass is 16.5. The SMILES string of the molecule is CCC(c1noc(C(C)(C)OC)n1)N1CCNCC1. The molecular formula is C13H24N4O2. The minimum absolute atomic E-state index is 0.229. The summed E-state index contributed by atoms with van der Waals surface area (Å²) in [6.07, 6.45) is 0.979. The van der Waals surface area contributed by atoms with E-state index >= 15 is 0 Å². The fraction of sp³-hybridized carbons (Fsp3) is 0.846. The van der Waals surface area contributed by atoms with Crippen LogP contribution in [0.15, 0.2) is 4.52 Å². The van der Waals surface area contributed by atoms with Gasteiger partial charge in [-0.05, 0) is 20.3 Å². The molecule has 1 N–H and O–H groups in total. The third-order valence-electron chi connectivity index (χ3n) is 3.74. The van der Waals surface area contributed by atoms with Crippen molar-refractivity contribution in [3.05, 3.63) is 11.7 Å². The third-order valence-corrected chi connectivity index (χ3v) is 3.74. The van der Waals surface area contributed by atoms with Crippen LogP contribution in [-0.2, 0) is 10.3 Å². The summed E-state index contributed by atoms with van der Waals surface area (Å²) >= 11 is 0. The monoisotopic (exact) mass is 268 g/mol. The molecule has 1 aromatic rings. The zero-order chi connectivity index (χ0) is 13.9. The first-order valence-corrected chi connectivity index (χ1v) is 6.92. The first kappa shape index (κ1) is 14.4. The maximum Gasteiger partial charge on any atom is 0.258 e. The Morgan fingerprint density at radius 2 is 2.11 bits per heavy atom. The van der Waals surface area contributed by atoms with Crippen LogP contribution in [0.5, 0.6) is 0 Å². The van der Waals surface area contributed by atoms with Gasteiger partial charge in [0.05, 0.1) is 6.04 Å². The van der Waals surface area contributed by atoms with Crippen LogP contribution in [0, 0.1) is 0 Å². The molecule has 0 spiro atoms. The van der Waals surface area contributed by atoms with Crippen LogP contribution in [0.2, 0.25) is 0 Å². The van der Waals surface area contributed by atoms with Crippen molar-refractivity contribution in [3.8, 4) is 0 Å². The Bertz CT molecular complexity index is 399. The normalized spacial score (nSPS) is 19.6. The molecule has 6 heteroatoms. The highest BCUT2D eigenvalue weighted by Crippen LogP contribution is 2.26. The van der Waals surface area contributed by atoms with E-state index in [0.717, 1.165) is 38.4 Å². The van der Waals surface area contributed by atoms with E-state index in [-0.39, 0.29) is 6.04 Å². The average Bonchev–Trinajstić information content (AvgIpc) is 2.91. The Hall–Kier alpha value is -0.980. The van der Waals surface area contributed by atoms with Crippen molar-refractivity contribution in [1.82, 2.24) is 20.4 Å². The second-order valence-electron chi connectivity index (χ2n) is 5.38. The molecule has 1 aromatic heterocycles. The van der Waals surface area contributed by atoms with E-state index in [2.05, 4.69) is 27.3 Å². The molecule has 1 fully saturated rings. The smallest absolute Gasteiger partial charge is 0.258 e. The molecule has 1 unspecified atom stereocenters. The van der Waals surface area contributed by atoms with E-state index in [1.165, 1.54) is 0 Å². The summed E-state index contributed by atoms with van der Waals surface area (Å²) in [5, 5.41) is 7.51. The van der Waals surface area contributed by atoms with Gasteiger partial charge in [-0.1, -0.05) is 12.1 Å². The molecule has 0 aliphatic carbocycles. The topological polar surface area (TPSA) is 63.4 Å². The van der Waals surface area contributed by atoms with Gasteiger partial charge in [0.2, 0.25) is 0 Å². The number of methoxy groups -OCH3 is 1. The average molecular weight is 268 g/mol. The number of aromatic nitrogens is 2. The van der Waals surface area contributed by atoms with E-state index < -0.39 is 5.60 Å². The summed E-state index contributed by atoms with van der Waals surface area (Å²) in [4.78, 5) is 6.94. The molecule has 0 aromatic carbocycles. The van der Waals surface area contributed by atoms with Gasteiger partial charge in [0.25, 0.3) is 5.89 Å². The van der Waals surface area contributed by atoms with Gasteiger partial charge in [-0.3, -0.25) is 4.90 Å². The lowest BCUT2D eigenvalue weighted by molar-refractivity contribution is -0.00787. The van der Waals surface area contributed by atoms with Crippen molar-refractivity contribution in [1.29, 1.82) is 0 Å². The van der Waals surface area contributed by atoms with Crippen molar-refractivity contribution in [2.75, 3.05) is 33.3 Å². The highest BCUT2D eigenvalue weighted by Gasteiger charge is 2.30. The number of ether oxygens (including phenoxy) is 1. The third kappa shape index (κ3) is 3.13. The molecule has 2 heterocycles. The minimum atomic E-state index is -0.535. The summed E-state index contributed by atoms with van der Waals surface area (Å²) in [5.74, 6) is 1.31. The Morgan fingerprint density at radius 1 is 1.42 bits per heavy atom. The zero-order valence-electron chi connectivity index (χ0n) is 12.3. The van der Waals surface area contributed by atoms with Crippen LogP contribution in [0.4, 0.5) is 0 Å². The van der Waals surface area contributed by atoms with E-state index in [9.17, 15) is 0 Å². The predicted molar refractivity (Wildman–Crippen MR) is 71.8 cm³/mol. The van der Waals surface area contributed by atoms with E-state index in [1.807, 2.05) is 13.8 Å². The van der Waals surface area contributed by atoms with Crippen molar-refractivity contribution in [3.63, 3.8) is 0 Å². The molecule has 0 saturated carbocycles. The molecule has 1 saturated heterocycles. The lowest BCUT2D eigenvalue weighted by Gasteiger charge is -2.32. The summed E-state index contributed by atoms with van der Waals surface area (Å²) < 4.78 is 10.7. The molecule has 0 amide bonds. The summed E-state index contributed by atoms with van der Waals surface area (Å²) in [5.41, 5.74) is -0.535. The molecule has 1 aliphatic rings. The largest absolute Gasteiger partial charge is 0.369 e. The molecule has 108 valence electrons. The van der Waals surface area contributed by atoms with Gasteiger partial charge >= 0.3 is 0 Å². The van der Waals surface area contributed by atoms with Crippen LogP contribution in [0.25, 0.3) is 0 Å². The number of rotatable bonds is 5. The van der Waals surface area contributed by atoms with Crippen molar-refractivity contribution >= 4 is 0 Å². The molecule has 1 atom stereocenters. The fourth-order valence-corrected chi connectivity index (χ4v) is 2.30. The summed E-state index contributed by atoms with van der Waals surface area (Å²) in [6.45, 7) is 10.1. The standard InChI is InChI=1S/C13H24N4O2/c1-5-10(17-8-6-14-7-9-17)11-15-12(19-16-11)13(2,3)18-4/h10,14H,5-9H2,1-4H3. The number of piperazine rings is 1. The van der Waals surface area contributed by atoms with E-state index in [0.29, 0.717) is 5.89 Å². The first-order valence-electron chi connectivity index (χ1n) is 6.92. The second-order valence-corrected chi connectivity index (χ2v) is 5.38. The summed E-state index contributed by atoms with van der Waals surface area (Å²) in [6, 6.07) is 0.229. The van der Waals surface area contributed by atoms with Crippen LogP contribution in [-0.4, -0.2) is 48.3 Å². The molecule has 0 radical (unpaired) electrons. The lowest BCUT2D eigenvalue weighted by Crippen LogP contribution is -2.45. The van der Waals surface area contributed by atoms with Crippen LogP contribution < -0.4 is 5.32 Å². The first-order chi connectivity index (χ1) is 9.08. The molecule has 6 nitrogen and oxygen atoms in total. The Morgan fingerprint density at radius 3 is 2.68 bits per heavy atom. The predicted octanol–water partition coefficient (Wildman–Crippen LogP) is 1.31. The Labute approximate surface area is 114 Å². The second kappa shape index (κ2) is 5.98. The van der Waals surface area contributed by atoms with E-state index in [1.54, 1.807) is 7.11 Å². The van der Waals surface area contributed by atoms with Gasteiger partial charge in [0.1, 0.15) is 5.60 Å². The minimum Gasteiger partial charge on any atom is -0.369 e. The molecular weight excluding hydrogens is 244 g/mol. The zero-order valence-corrected chi connectivity index (χ0v) is 12.3. The van der Waals surface area contributed by atoms with Gasteiger partial charge in [-0.2, -0.15) is 4.98 Å². The van der Waals surface area contributed by atoms with Crippen molar-refractivity contribution in [2.45, 2.75) is 38.8 Å². The van der Waals surface area contributed by atoms with Gasteiger partial charge in [-0.15, -0.1) is 0 Å². The number of hydrogen-bond acceptors (Lipinski definition) is 6. The Kier molecular flexibility index (Phi) is 4.54. The molecule has 1 aliphatic heterocycles. The summed E-state index contributed by atoms with van der Waals surface area (Å²) in [7, 11) is 1.65. The number of nitrogens with one attached hydrogen (secondary N) is 1. The number of hydrogen-bond donors (Lipinski definition) is 1. The van der Waals surface area contributed by atoms with E-state index in [4.69, 9.17) is 9.26 Å². The molecule has 0 bridgehead atoms. The van der Waals surface area contributed by atoms with Gasteiger partial charge in [0, 0.05) is 33.3 Å². The lowest BCUT2D eigenvalue weighted by atomic mass is 10.1. The van der Waals surface area contributed by atoms with Crippen molar-refractivity contribution < 1.29 is 9.26 Å². The number of nitrogens with zero attached hydrogens (tertiary/aromatic N) is 3. The van der Waals surface area contributed by atoms with Crippen molar-refractivity contribution in [2.24, 2.45) is 0 Å². The van der Waals surface area contributed by atoms with Crippen LogP contribution in [0.3, 0.4) is 0 Å². The van der Waals surface area contributed by atoms with Crippen LogP contribution in [0.1, 0.15) is 44.9 Å². The molecule has 2 rings (SSSR count). The van der Waals surface area contributed by atoms with Gasteiger partial charge in [-0.25, -0.2) is 0 Å².